The minimum atomic E-state index is -3.21. The number of hydrogen-bond acceptors (Lipinski definition) is 3. The molecule has 0 aliphatic heterocycles. The third kappa shape index (κ3) is 3.71. The minimum Gasteiger partial charge on any atom is -0.317 e. The SMILES string of the molecule is CNC1CCCC1CCS(=O)(=O)c1cccc(Cl)c1. The molecule has 0 saturated heterocycles. The lowest BCUT2D eigenvalue weighted by atomic mass is 10.0. The highest BCUT2D eigenvalue weighted by molar-refractivity contribution is 7.91. The van der Waals surface area contributed by atoms with E-state index in [9.17, 15) is 8.42 Å². The zero-order valence-electron chi connectivity index (χ0n) is 11.1. The van der Waals surface area contributed by atoms with Crippen molar-refractivity contribution in [2.24, 2.45) is 5.92 Å². The van der Waals surface area contributed by atoms with Crippen LogP contribution in [-0.4, -0.2) is 27.3 Å². The number of nitrogens with one attached hydrogen (secondary N) is 1. The van der Waals surface area contributed by atoms with E-state index in [1.54, 1.807) is 18.2 Å². The molecule has 106 valence electrons. The van der Waals surface area contributed by atoms with Gasteiger partial charge in [0, 0.05) is 11.1 Å². The molecule has 1 aromatic carbocycles. The Bertz CT molecular complexity index is 530. The molecule has 0 amide bonds. The second-order valence-corrected chi connectivity index (χ2v) is 7.70. The first-order valence-corrected chi connectivity index (χ1v) is 8.71. The van der Waals surface area contributed by atoms with Crippen molar-refractivity contribution in [2.75, 3.05) is 12.8 Å². The summed E-state index contributed by atoms with van der Waals surface area (Å²) in [4.78, 5) is 0.332. The van der Waals surface area contributed by atoms with E-state index in [-0.39, 0.29) is 5.75 Å². The van der Waals surface area contributed by atoms with E-state index in [0.29, 0.717) is 21.9 Å². The van der Waals surface area contributed by atoms with Gasteiger partial charge in [0.15, 0.2) is 9.84 Å². The van der Waals surface area contributed by atoms with E-state index >= 15 is 0 Å². The molecule has 0 heterocycles. The van der Waals surface area contributed by atoms with Gasteiger partial charge in [0.05, 0.1) is 10.6 Å². The Kier molecular flexibility index (Phi) is 4.87. The molecule has 1 aliphatic rings. The lowest BCUT2D eigenvalue weighted by molar-refractivity contribution is 0.414. The third-order valence-corrected chi connectivity index (χ3v) is 5.92. The minimum absolute atomic E-state index is 0.205. The first-order valence-electron chi connectivity index (χ1n) is 6.68. The summed E-state index contributed by atoms with van der Waals surface area (Å²) in [5.41, 5.74) is 0. The van der Waals surface area contributed by atoms with Crippen LogP contribution in [0.1, 0.15) is 25.7 Å². The smallest absolute Gasteiger partial charge is 0.178 e. The standard InChI is InChI=1S/C14H20ClNO2S/c1-16-14-7-2-4-11(14)8-9-19(17,18)13-6-3-5-12(15)10-13/h3,5-6,10-11,14,16H,2,4,7-9H2,1H3. The van der Waals surface area contributed by atoms with Gasteiger partial charge in [-0.25, -0.2) is 8.42 Å². The van der Waals surface area contributed by atoms with Crippen LogP contribution in [0.4, 0.5) is 0 Å². The van der Waals surface area contributed by atoms with Crippen molar-refractivity contribution in [2.45, 2.75) is 36.6 Å². The predicted molar refractivity (Wildman–Crippen MR) is 78.3 cm³/mol. The fourth-order valence-corrected chi connectivity index (χ4v) is 4.54. The number of rotatable bonds is 5. The molecule has 0 bridgehead atoms. The van der Waals surface area contributed by atoms with Gasteiger partial charge in [-0.2, -0.15) is 0 Å². The monoisotopic (exact) mass is 301 g/mol. The van der Waals surface area contributed by atoms with Gasteiger partial charge in [-0.3, -0.25) is 0 Å². The Labute approximate surface area is 120 Å². The van der Waals surface area contributed by atoms with E-state index < -0.39 is 9.84 Å². The Morgan fingerprint density at radius 3 is 2.84 bits per heavy atom. The van der Waals surface area contributed by atoms with Crippen molar-refractivity contribution in [3.63, 3.8) is 0 Å². The van der Waals surface area contributed by atoms with Crippen LogP contribution in [0.15, 0.2) is 29.2 Å². The highest BCUT2D eigenvalue weighted by Gasteiger charge is 2.27. The highest BCUT2D eigenvalue weighted by Crippen LogP contribution is 2.29. The Hall–Kier alpha value is -0.580. The van der Waals surface area contributed by atoms with Crippen molar-refractivity contribution in [1.29, 1.82) is 0 Å². The number of benzene rings is 1. The summed E-state index contributed by atoms with van der Waals surface area (Å²) in [6.07, 6.45) is 4.18. The van der Waals surface area contributed by atoms with Gasteiger partial charge in [0.1, 0.15) is 0 Å². The van der Waals surface area contributed by atoms with E-state index in [0.717, 1.165) is 19.3 Å². The average molecular weight is 302 g/mol. The van der Waals surface area contributed by atoms with Gasteiger partial charge in [0.2, 0.25) is 0 Å². The van der Waals surface area contributed by atoms with Crippen molar-refractivity contribution >= 4 is 21.4 Å². The largest absolute Gasteiger partial charge is 0.317 e. The Morgan fingerprint density at radius 2 is 2.16 bits per heavy atom. The van der Waals surface area contributed by atoms with E-state index in [1.165, 1.54) is 12.5 Å². The lowest BCUT2D eigenvalue weighted by Gasteiger charge is -2.18. The zero-order valence-corrected chi connectivity index (χ0v) is 12.7. The molecule has 19 heavy (non-hydrogen) atoms. The first kappa shape index (κ1) is 14.8. The second-order valence-electron chi connectivity index (χ2n) is 5.15. The van der Waals surface area contributed by atoms with Crippen LogP contribution >= 0.6 is 11.6 Å². The molecule has 1 fully saturated rings. The average Bonchev–Trinajstić information content (AvgIpc) is 2.84. The zero-order chi connectivity index (χ0) is 13.9. The van der Waals surface area contributed by atoms with Gasteiger partial charge in [0.25, 0.3) is 0 Å². The molecule has 0 radical (unpaired) electrons. The molecule has 3 nitrogen and oxygen atoms in total. The summed E-state index contributed by atoms with van der Waals surface area (Å²) in [5.74, 6) is 0.676. The molecule has 2 rings (SSSR count). The van der Waals surface area contributed by atoms with Crippen LogP contribution in [-0.2, 0) is 9.84 Å². The van der Waals surface area contributed by atoms with Crippen molar-refractivity contribution < 1.29 is 8.42 Å². The summed E-state index contributed by atoms with van der Waals surface area (Å²) >= 11 is 5.85. The predicted octanol–water partition coefficient (Wildman–Crippen LogP) is 2.89. The van der Waals surface area contributed by atoms with Crippen LogP contribution in [0.2, 0.25) is 5.02 Å². The molecule has 0 spiro atoms. The molecular weight excluding hydrogens is 282 g/mol. The van der Waals surface area contributed by atoms with Crippen molar-refractivity contribution in [1.82, 2.24) is 5.32 Å². The van der Waals surface area contributed by atoms with E-state index in [4.69, 9.17) is 11.6 Å². The fraction of sp³-hybridized carbons (Fsp3) is 0.571. The number of sulfone groups is 1. The van der Waals surface area contributed by atoms with Crippen LogP contribution in [0.5, 0.6) is 0 Å². The molecule has 2 atom stereocenters. The maximum atomic E-state index is 12.3. The molecule has 1 N–H and O–H groups in total. The van der Waals surface area contributed by atoms with Gasteiger partial charge in [-0.1, -0.05) is 24.1 Å². The normalized spacial score (nSPS) is 23.7. The summed E-state index contributed by atoms with van der Waals surface area (Å²) in [7, 11) is -1.26. The highest BCUT2D eigenvalue weighted by atomic mass is 35.5. The van der Waals surface area contributed by atoms with E-state index in [2.05, 4.69) is 5.32 Å². The van der Waals surface area contributed by atoms with Crippen molar-refractivity contribution in [3.8, 4) is 0 Å². The summed E-state index contributed by atoms with van der Waals surface area (Å²) in [6, 6.07) is 6.98. The van der Waals surface area contributed by atoms with Gasteiger partial charge in [-0.15, -0.1) is 0 Å². The molecular formula is C14H20ClNO2S. The quantitative estimate of drug-likeness (QED) is 0.909. The summed E-state index contributed by atoms with van der Waals surface area (Å²) in [5, 5.41) is 3.75. The van der Waals surface area contributed by atoms with Crippen LogP contribution in [0, 0.1) is 5.92 Å². The third-order valence-electron chi connectivity index (χ3n) is 3.94. The Morgan fingerprint density at radius 1 is 1.37 bits per heavy atom. The van der Waals surface area contributed by atoms with Gasteiger partial charge in [-0.05, 0) is 50.4 Å². The summed E-state index contributed by atoms with van der Waals surface area (Å²) in [6.45, 7) is 0. The van der Waals surface area contributed by atoms with Crippen LogP contribution < -0.4 is 5.32 Å². The molecule has 0 aromatic heterocycles. The molecule has 1 saturated carbocycles. The molecule has 5 heteroatoms. The molecule has 1 aliphatic carbocycles. The Balaban J connectivity index is 2.02. The van der Waals surface area contributed by atoms with Gasteiger partial charge < -0.3 is 5.32 Å². The lowest BCUT2D eigenvalue weighted by Crippen LogP contribution is -2.30. The fourth-order valence-electron chi connectivity index (χ4n) is 2.85. The van der Waals surface area contributed by atoms with Crippen LogP contribution in [0.3, 0.4) is 0 Å². The molecule has 1 aromatic rings. The maximum absolute atomic E-state index is 12.3. The number of halogens is 1. The van der Waals surface area contributed by atoms with Crippen LogP contribution in [0.25, 0.3) is 0 Å². The second kappa shape index (κ2) is 6.25. The maximum Gasteiger partial charge on any atom is 0.178 e. The number of hydrogen-bond donors (Lipinski definition) is 1. The van der Waals surface area contributed by atoms with E-state index in [1.807, 2.05) is 7.05 Å². The van der Waals surface area contributed by atoms with Gasteiger partial charge >= 0.3 is 0 Å². The first-order chi connectivity index (χ1) is 9.03. The summed E-state index contributed by atoms with van der Waals surface area (Å²) < 4.78 is 24.5. The molecule has 2 unspecified atom stereocenters. The topological polar surface area (TPSA) is 46.2 Å². The van der Waals surface area contributed by atoms with Crippen molar-refractivity contribution in [3.05, 3.63) is 29.3 Å².